The van der Waals surface area contributed by atoms with Crippen molar-refractivity contribution < 1.29 is 18.3 Å². The Bertz CT molecular complexity index is 1160. The molecule has 0 amide bonds. The number of anilines is 2. The van der Waals surface area contributed by atoms with Gasteiger partial charge in [-0.15, -0.1) is 11.3 Å². The molecule has 1 fully saturated rings. The lowest BCUT2D eigenvalue weighted by Crippen LogP contribution is -2.28. The van der Waals surface area contributed by atoms with Crippen LogP contribution in [-0.4, -0.2) is 47.4 Å². The van der Waals surface area contributed by atoms with E-state index in [0.29, 0.717) is 18.0 Å². The Balaban J connectivity index is 1.60. The van der Waals surface area contributed by atoms with Crippen LogP contribution in [0.1, 0.15) is 23.3 Å². The highest BCUT2D eigenvalue weighted by molar-refractivity contribution is 7.90. The maximum absolute atomic E-state index is 11.6. The molecule has 31 heavy (non-hydrogen) atoms. The van der Waals surface area contributed by atoms with Gasteiger partial charge in [0.2, 0.25) is 0 Å². The number of aliphatic hydroxyl groups is 1. The van der Waals surface area contributed by atoms with E-state index in [4.69, 9.17) is 4.74 Å². The lowest BCUT2D eigenvalue weighted by Gasteiger charge is -2.22. The quantitative estimate of drug-likeness (QED) is 0.550. The molecule has 1 atom stereocenters. The predicted octanol–water partition coefficient (Wildman–Crippen LogP) is 3.70. The number of likely N-dealkylation sites (tertiary alicyclic amines) is 1. The van der Waals surface area contributed by atoms with Crippen LogP contribution in [0.15, 0.2) is 47.8 Å². The van der Waals surface area contributed by atoms with Gasteiger partial charge in [0.15, 0.2) is 20.0 Å². The summed E-state index contributed by atoms with van der Waals surface area (Å²) < 4.78 is 29.3. The standard InChI is InChI=1S/C21H24N4O4S2/c1-14-11-23-21(30-14)24-16-5-7-18(15(10-16)13-25-9-3-4-20(25)26)29-17-6-8-19(22-12-17)31(2,27)28/h5-8,10-12,20,26H,3-4,9,13H2,1-2H3,(H,23,24). The maximum atomic E-state index is 11.6. The van der Waals surface area contributed by atoms with E-state index in [1.54, 1.807) is 17.4 Å². The number of aliphatic hydroxyl groups excluding tert-OH is 1. The summed E-state index contributed by atoms with van der Waals surface area (Å²) in [5.41, 5.74) is 1.77. The number of aryl methyl sites for hydroxylation is 1. The molecule has 4 rings (SSSR count). The van der Waals surface area contributed by atoms with Crippen molar-refractivity contribution in [2.24, 2.45) is 0 Å². The minimum atomic E-state index is -3.37. The molecule has 3 heterocycles. The number of aromatic nitrogens is 2. The van der Waals surface area contributed by atoms with Crippen molar-refractivity contribution in [3.8, 4) is 11.5 Å². The number of sulfone groups is 1. The molecule has 0 spiro atoms. The van der Waals surface area contributed by atoms with E-state index in [1.165, 1.54) is 12.3 Å². The van der Waals surface area contributed by atoms with Crippen LogP contribution in [0.2, 0.25) is 0 Å². The normalized spacial score (nSPS) is 17.1. The van der Waals surface area contributed by atoms with E-state index in [0.717, 1.165) is 46.9 Å². The number of hydrogen-bond donors (Lipinski definition) is 2. The van der Waals surface area contributed by atoms with Crippen molar-refractivity contribution in [3.63, 3.8) is 0 Å². The lowest BCUT2D eigenvalue weighted by molar-refractivity contribution is 0.0325. The van der Waals surface area contributed by atoms with E-state index in [2.05, 4.69) is 15.3 Å². The number of rotatable bonds is 7. The molecule has 1 unspecified atom stereocenters. The van der Waals surface area contributed by atoms with Gasteiger partial charge in [-0.05, 0) is 50.1 Å². The first-order valence-corrected chi connectivity index (χ1v) is 12.6. The molecule has 0 saturated carbocycles. The highest BCUT2D eigenvalue weighted by atomic mass is 32.2. The summed E-state index contributed by atoms with van der Waals surface area (Å²) in [5.74, 6) is 1.06. The average molecular weight is 461 g/mol. The summed E-state index contributed by atoms with van der Waals surface area (Å²) in [4.78, 5) is 11.4. The van der Waals surface area contributed by atoms with Crippen molar-refractivity contribution in [2.75, 3.05) is 18.1 Å². The Morgan fingerprint density at radius 2 is 2.10 bits per heavy atom. The number of hydrogen-bond acceptors (Lipinski definition) is 9. The SMILES string of the molecule is Cc1cnc(Nc2ccc(Oc3ccc(S(C)(=O)=O)nc3)c(CN3CCCC3O)c2)s1. The topological polar surface area (TPSA) is 105 Å². The van der Waals surface area contributed by atoms with Gasteiger partial charge in [-0.3, -0.25) is 4.90 Å². The van der Waals surface area contributed by atoms with Gasteiger partial charge in [0.25, 0.3) is 0 Å². The second kappa shape index (κ2) is 8.91. The summed E-state index contributed by atoms with van der Waals surface area (Å²) in [6.07, 6.45) is 5.56. The molecule has 1 aliphatic heterocycles. The Kier molecular flexibility index (Phi) is 6.24. The number of benzene rings is 1. The van der Waals surface area contributed by atoms with Gasteiger partial charge >= 0.3 is 0 Å². The second-order valence-electron chi connectivity index (χ2n) is 7.52. The van der Waals surface area contributed by atoms with E-state index >= 15 is 0 Å². The third kappa shape index (κ3) is 5.40. The van der Waals surface area contributed by atoms with Gasteiger partial charge in [-0.2, -0.15) is 0 Å². The van der Waals surface area contributed by atoms with Crippen LogP contribution >= 0.6 is 11.3 Å². The Labute approximate surface area is 185 Å². The maximum Gasteiger partial charge on any atom is 0.192 e. The monoisotopic (exact) mass is 460 g/mol. The number of thiazole rings is 1. The van der Waals surface area contributed by atoms with Crippen LogP contribution < -0.4 is 10.1 Å². The van der Waals surface area contributed by atoms with Crippen LogP contribution in [0.5, 0.6) is 11.5 Å². The molecule has 8 nitrogen and oxygen atoms in total. The molecule has 10 heteroatoms. The first-order valence-electron chi connectivity index (χ1n) is 9.86. The first-order chi connectivity index (χ1) is 14.8. The van der Waals surface area contributed by atoms with Gasteiger partial charge in [0.05, 0.1) is 6.20 Å². The van der Waals surface area contributed by atoms with E-state index in [-0.39, 0.29) is 5.03 Å². The summed E-state index contributed by atoms with van der Waals surface area (Å²) >= 11 is 1.57. The molecular weight excluding hydrogens is 436 g/mol. The summed E-state index contributed by atoms with van der Waals surface area (Å²) in [5, 5.41) is 14.4. The molecular formula is C21H24N4O4S2. The molecule has 2 aromatic heterocycles. The molecule has 1 saturated heterocycles. The zero-order valence-corrected chi connectivity index (χ0v) is 18.9. The molecule has 1 aromatic carbocycles. The van der Waals surface area contributed by atoms with Crippen LogP contribution in [0.25, 0.3) is 0 Å². The zero-order valence-electron chi connectivity index (χ0n) is 17.3. The Morgan fingerprint density at radius 3 is 2.71 bits per heavy atom. The van der Waals surface area contributed by atoms with Crippen molar-refractivity contribution in [1.29, 1.82) is 0 Å². The van der Waals surface area contributed by atoms with Crippen LogP contribution in [0.4, 0.5) is 10.8 Å². The molecule has 0 aliphatic carbocycles. The fourth-order valence-electron chi connectivity index (χ4n) is 3.40. The van der Waals surface area contributed by atoms with Gasteiger partial charge in [0.1, 0.15) is 17.7 Å². The van der Waals surface area contributed by atoms with E-state index < -0.39 is 16.1 Å². The molecule has 0 bridgehead atoms. The molecule has 164 valence electrons. The first kappa shape index (κ1) is 21.7. The summed E-state index contributed by atoms with van der Waals surface area (Å²) in [7, 11) is -3.37. The third-order valence-electron chi connectivity index (χ3n) is 4.95. The van der Waals surface area contributed by atoms with Gasteiger partial charge < -0.3 is 15.2 Å². The van der Waals surface area contributed by atoms with Crippen LogP contribution in [-0.2, 0) is 16.4 Å². The van der Waals surface area contributed by atoms with Crippen molar-refractivity contribution in [1.82, 2.24) is 14.9 Å². The van der Waals surface area contributed by atoms with Gasteiger partial charge in [0, 0.05) is 41.7 Å². The Hall–Kier alpha value is -2.53. The largest absolute Gasteiger partial charge is 0.455 e. The molecule has 3 aromatic rings. The fourth-order valence-corrected chi connectivity index (χ4v) is 4.65. The van der Waals surface area contributed by atoms with E-state index in [9.17, 15) is 13.5 Å². The predicted molar refractivity (Wildman–Crippen MR) is 120 cm³/mol. The van der Waals surface area contributed by atoms with Crippen LogP contribution in [0, 0.1) is 6.92 Å². The van der Waals surface area contributed by atoms with Gasteiger partial charge in [-0.25, -0.2) is 18.4 Å². The van der Waals surface area contributed by atoms with Crippen LogP contribution in [0.3, 0.4) is 0 Å². The minimum absolute atomic E-state index is 0.00134. The zero-order chi connectivity index (χ0) is 22.0. The van der Waals surface area contributed by atoms with Crippen molar-refractivity contribution in [3.05, 3.63) is 53.2 Å². The number of nitrogens with one attached hydrogen (secondary N) is 1. The van der Waals surface area contributed by atoms with Crippen molar-refractivity contribution in [2.45, 2.75) is 37.6 Å². The summed E-state index contributed by atoms with van der Waals surface area (Å²) in [6.45, 7) is 3.34. The van der Waals surface area contributed by atoms with Crippen molar-refractivity contribution >= 4 is 32.0 Å². The second-order valence-corrected chi connectivity index (χ2v) is 10.7. The number of nitrogens with zero attached hydrogens (tertiary/aromatic N) is 3. The molecule has 0 radical (unpaired) electrons. The lowest BCUT2D eigenvalue weighted by atomic mass is 10.1. The van der Waals surface area contributed by atoms with E-state index in [1.807, 2.05) is 36.2 Å². The third-order valence-corrected chi connectivity index (χ3v) is 6.78. The number of pyridine rings is 1. The fraction of sp³-hybridized carbons (Fsp3) is 0.333. The highest BCUT2D eigenvalue weighted by Crippen LogP contribution is 2.32. The number of ether oxygens (including phenoxy) is 1. The molecule has 2 N–H and O–H groups in total. The smallest absolute Gasteiger partial charge is 0.192 e. The highest BCUT2D eigenvalue weighted by Gasteiger charge is 2.23. The summed E-state index contributed by atoms with van der Waals surface area (Å²) in [6, 6.07) is 8.74. The average Bonchev–Trinajstić information content (AvgIpc) is 3.31. The molecule has 1 aliphatic rings. The Morgan fingerprint density at radius 1 is 1.26 bits per heavy atom. The van der Waals surface area contributed by atoms with Gasteiger partial charge in [-0.1, -0.05) is 0 Å². The minimum Gasteiger partial charge on any atom is -0.455 e.